The lowest BCUT2D eigenvalue weighted by atomic mass is 9.98. The van der Waals surface area contributed by atoms with Crippen molar-refractivity contribution in [1.29, 1.82) is 0 Å². The Hall–Kier alpha value is -1.84. The molecule has 2 N–H and O–H groups in total. The van der Waals surface area contributed by atoms with Crippen LogP contribution in [0.15, 0.2) is 24.3 Å². The van der Waals surface area contributed by atoms with Crippen molar-refractivity contribution in [3.05, 3.63) is 35.4 Å². The lowest BCUT2D eigenvalue weighted by Crippen LogP contribution is -2.32. The van der Waals surface area contributed by atoms with Gasteiger partial charge in [0.2, 0.25) is 5.91 Å². The molecule has 0 aliphatic heterocycles. The number of hydrogen-bond donors (Lipinski definition) is 2. The zero-order valence-corrected chi connectivity index (χ0v) is 10.1. The molecule has 0 aliphatic rings. The number of carboxylic acids is 1. The molecule has 0 spiro atoms. The number of aryl methyl sites for hydroxylation is 1. The minimum Gasteiger partial charge on any atom is -0.481 e. The highest BCUT2D eigenvalue weighted by Gasteiger charge is 2.18. The lowest BCUT2D eigenvalue weighted by molar-refractivity contribution is -0.141. The molecule has 1 aromatic carbocycles. The van der Waals surface area contributed by atoms with Gasteiger partial charge in [0.25, 0.3) is 0 Å². The number of hydrogen-bond acceptors (Lipinski definition) is 2. The molecule has 0 fully saturated rings. The van der Waals surface area contributed by atoms with Gasteiger partial charge in [-0.3, -0.25) is 9.59 Å². The Bertz CT molecular complexity index is 398. The van der Waals surface area contributed by atoms with E-state index < -0.39 is 11.9 Å². The molecule has 0 saturated heterocycles. The summed E-state index contributed by atoms with van der Waals surface area (Å²) in [5.41, 5.74) is 2.11. The second kappa shape index (κ2) is 6.03. The van der Waals surface area contributed by atoms with Gasteiger partial charge < -0.3 is 10.4 Å². The monoisotopic (exact) mass is 235 g/mol. The number of aliphatic carboxylic acids is 1. The summed E-state index contributed by atoms with van der Waals surface area (Å²) in [6, 6.07) is 7.73. The maximum atomic E-state index is 11.0. The Morgan fingerprint density at radius 2 is 1.88 bits per heavy atom. The molecule has 1 amide bonds. The van der Waals surface area contributed by atoms with Crippen molar-refractivity contribution >= 4 is 11.9 Å². The molecule has 1 atom stereocenters. The number of carbonyl (C=O) groups is 2. The number of carboxylic acid groups (broad SMARTS) is 1. The van der Waals surface area contributed by atoms with Crippen LogP contribution in [0.4, 0.5) is 0 Å². The molecule has 92 valence electrons. The van der Waals surface area contributed by atoms with Gasteiger partial charge >= 0.3 is 5.97 Å². The molecule has 0 bridgehead atoms. The maximum Gasteiger partial charge on any atom is 0.308 e. The highest BCUT2D eigenvalue weighted by Crippen LogP contribution is 2.10. The normalized spacial score (nSPS) is 11.9. The summed E-state index contributed by atoms with van der Waals surface area (Å²) in [5.74, 6) is -1.68. The van der Waals surface area contributed by atoms with Gasteiger partial charge in [-0.1, -0.05) is 29.8 Å². The Kier molecular flexibility index (Phi) is 4.69. The van der Waals surface area contributed by atoms with Crippen molar-refractivity contribution < 1.29 is 14.7 Å². The van der Waals surface area contributed by atoms with Crippen LogP contribution < -0.4 is 5.32 Å². The van der Waals surface area contributed by atoms with Crippen LogP contribution in [0.5, 0.6) is 0 Å². The van der Waals surface area contributed by atoms with Gasteiger partial charge in [-0.15, -0.1) is 0 Å². The number of benzene rings is 1. The van der Waals surface area contributed by atoms with Gasteiger partial charge in [0.1, 0.15) is 0 Å². The number of nitrogens with one attached hydrogen (secondary N) is 1. The van der Waals surface area contributed by atoms with Crippen LogP contribution in [0.3, 0.4) is 0 Å². The minimum atomic E-state index is -0.890. The van der Waals surface area contributed by atoms with Crippen molar-refractivity contribution in [2.45, 2.75) is 20.3 Å². The molecule has 4 heteroatoms. The average molecular weight is 235 g/mol. The summed E-state index contributed by atoms with van der Waals surface area (Å²) in [4.78, 5) is 21.8. The van der Waals surface area contributed by atoms with Crippen molar-refractivity contribution in [3.63, 3.8) is 0 Å². The molecule has 0 aromatic heterocycles. The molecular formula is C13H17NO3. The van der Waals surface area contributed by atoms with Crippen molar-refractivity contribution in [1.82, 2.24) is 5.32 Å². The third-order valence-corrected chi connectivity index (χ3v) is 2.55. The average Bonchev–Trinajstić information content (AvgIpc) is 2.26. The third kappa shape index (κ3) is 4.68. The Balaban J connectivity index is 2.63. The van der Waals surface area contributed by atoms with E-state index in [0.717, 1.165) is 11.1 Å². The van der Waals surface area contributed by atoms with E-state index in [-0.39, 0.29) is 12.5 Å². The zero-order valence-electron chi connectivity index (χ0n) is 10.1. The number of amides is 1. The highest BCUT2D eigenvalue weighted by molar-refractivity contribution is 5.75. The third-order valence-electron chi connectivity index (χ3n) is 2.55. The quantitative estimate of drug-likeness (QED) is 0.810. The fourth-order valence-corrected chi connectivity index (χ4v) is 1.52. The van der Waals surface area contributed by atoms with E-state index in [4.69, 9.17) is 5.11 Å². The Labute approximate surface area is 101 Å². The standard InChI is InChI=1S/C13H17NO3/c1-9-3-5-11(6-4-9)7-12(13(16)17)8-14-10(2)15/h3-6,12H,7-8H2,1-2H3,(H,14,15)(H,16,17)/t12-/m1/s1. The molecule has 0 unspecified atom stereocenters. The van der Waals surface area contributed by atoms with Crippen LogP contribution in [-0.4, -0.2) is 23.5 Å². The summed E-state index contributed by atoms with van der Waals surface area (Å²) in [6.45, 7) is 3.53. The van der Waals surface area contributed by atoms with Crippen LogP contribution in [0, 0.1) is 12.8 Å². The molecule has 0 heterocycles. The van der Waals surface area contributed by atoms with E-state index >= 15 is 0 Å². The molecule has 4 nitrogen and oxygen atoms in total. The Morgan fingerprint density at radius 3 is 2.35 bits per heavy atom. The van der Waals surface area contributed by atoms with E-state index in [2.05, 4.69) is 5.32 Å². The van der Waals surface area contributed by atoms with E-state index in [9.17, 15) is 9.59 Å². The summed E-state index contributed by atoms with van der Waals surface area (Å²) in [7, 11) is 0. The van der Waals surface area contributed by atoms with Crippen LogP contribution in [0.25, 0.3) is 0 Å². The van der Waals surface area contributed by atoms with E-state index in [1.165, 1.54) is 6.92 Å². The van der Waals surface area contributed by atoms with E-state index in [0.29, 0.717) is 6.42 Å². The fraction of sp³-hybridized carbons (Fsp3) is 0.385. The number of rotatable bonds is 5. The molecular weight excluding hydrogens is 218 g/mol. The first kappa shape index (κ1) is 13.2. The molecule has 0 radical (unpaired) electrons. The predicted molar refractivity (Wildman–Crippen MR) is 64.7 cm³/mol. The first-order valence-corrected chi connectivity index (χ1v) is 5.52. The largest absolute Gasteiger partial charge is 0.481 e. The molecule has 1 aromatic rings. The SMILES string of the molecule is CC(=O)NC[C@@H](Cc1ccc(C)cc1)C(=O)O. The molecule has 1 rings (SSSR count). The fourth-order valence-electron chi connectivity index (χ4n) is 1.52. The lowest BCUT2D eigenvalue weighted by Gasteiger charge is -2.12. The highest BCUT2D eigenvalue weighted by atomic mass is 16.4. The van der Waals surface area contributed by atoms with Crippen molar-refractivity contribution in [2.75, 3.05) is 6.54 Å². The summed E-state index contributed by atoms with van der Waals surface area (Å²) >= 11 is 0. The topological polar surface area (TPSA) is 66.4 Å². The van der Waals surface area contributed by atoms with E-state index in [1.54, 1.807) is 0 Å². The van der Waals surface area contributed by atoms with Gasteiger partial charge in [-0.25, -0.2) is 0 Å². The maximum absolute atomic E-state index is 11.0. The summed E-state index contributed by atoms with van der Waals surface area (Å²) < 4.78 is 0. The van der Waals surface area contributed by atoms with Crippen LogP contribution in [0.1, 0.15) is 18.1 Å². The van der Waals surface area contributed by atoms with Gasteiger partial charge in [-0.2, -0.15) is 0 Å². The van der Waals surface area contributed by atoms with Crippen molar-refractivity contribution in [3.8, 4) is 0 Å². The minimum absolute atomic E-state index is 0.165. The molecule has 17 heavy (non-hydrogen) atoms. The van der Waals surface area contributed by atoms with Gasteiger partial charge in [0, 0.05) is 13.5 Å². The van der Waals surface area contributed by atoms with E-state index in [1.807, 2.05) is 31.2 Å². The van der Waals surface area contributed by atoms with Gasteiger partial charge in [-0.05, 0) is 18.9 Å². The first-order chi connectivity index (χ1) is 7.99. The summed E-state index contributed by atoms with van der Waals surface area (Å²) in [5, 5.41) is 11.6. The first-order valence-electron chi connectivity index (χ1n) is 5.52. The van der Waals surface area contributed by atoms with Gasteiger partial charge in [0.05, 0.1) is 5.92 Å². The van der Waals surface area contributed by atoms with Crippen LogP contribution in [-0.2, 0) is 16.0 Å². The molecule has 0 aliphatic carbocycles. The Morgan fingerprint density at radius 1 is 1.29 bits per heavy atom. The summed E-state index contributed by atoms with van der Waals surface area (Å²) in [6.07, 6.45) is 0.426. The second-order valence-electron chi connectivity index (χ2n) is 4.16. The second-order valence-corrected chi connectivity index (χ2v) is 4.16. The number of carbonyl (C=O) groups excluding carboxylic acids is 1. The van der Waals surface area contributed by atoms with Crippen LogP contribution >= 0.6 is 0 Å². The van der Waals surface area contributed by atoms with Crippen LogP contribution in [0.2, 0.25) is 0 Å². The van der Waals surface area contributed by atoms with Gasteiger partial charge in [0.15, 0.2) is 0 Å². The molecule has 0 saturated carbocycles. The smallest absolute Gasteiger partial charge is 0.308 e. The zero-order chi connectivity index (χ0) is 12.8. The van der Waals surface area contributed by atoms with Crippen molar-refractivity contribution in [2.24, 2.45) is 5.92 Å². The predicted octanol–water partition coefficient (Wildman–Crippen LogP) is 1.37.